The number of likely N-dealkylation sites (tertiary alicyclic amines) is 1. The number of aliphatic hydroxyl groups excluding tert-OH is 1. The molecule has 1 aliphatic rings. The molecule has 1 saturated heterocycles. The first-order chi connectivity index (χ1) is 14.9. The molecule has 1 atom stereocenters. The lowest BCUT2D eigenvalue weighted by atomic mass is 9.95. The molecule has 0 saturated carbocycles. The van der Waals surface area contributed by atoms with Crippen molar-refractivity contribution in [2.24, 2.45) is 0 Å². The first-order valence-corrected chi connectivity index (χ1v) is 10.6. The number of hydrogen-bond acceptors (Lipinski definition) is 5. The molecule has 0 radical (unpaired) electrons. The fourth-order valence-electron chi connectivity index (χ4n) is 3.72. The molecule has 2 N–H and O–H groups in total. The Labute approximate surface area is 183 Å². The van der Waals surface area contributed by atoms with Gasteiger partial charge in [-0.2, -0.15) is 0 Å². The Balaban J connectivity index is 2.06. The summed E-state index contributed by atoms with van der Waals surface area (Å²) in [6, 6.07) is 9.97. The number of ketones is 1. The van der Waals surface area contributed by atoms with Gasteiger partial charge in [-0.3, -0.25) is 14.6 Å². The second-order valence-electron chi connectivity index (χ2n) is 7.96. The van der Waals surface area contributed by atoms with Crippen LogP contribution in [0.5, 0.6) is 5.75 Å². The second kappa shape index (κ2) is 10.2. The number of benzene rings is 1. The number of quaternary nitrogens is 1. The average Bonchev–Trinajstić information content (AvgIpc) is 3.03. The van der Waals surface area contributed by atoms with Crippen molar-refractivity contribution in [1.82, 2.24) is 9.88 Å². The van der Waals surface area contributed by atoms with Gasteiger partial charge in [0.15, 0.2) is 0 Å². The number of hydrogen-bond donors (Lipinski definition) is 2. The summed E-state index contributed by atoms with van der Waals surface area (Å²) in [7, 11) is 4.09. The fourth-order valence-corrected chi connectivity index (χ4v) is 3.72. The van der Waals surface area contributed by atoms with Crippen LogP contribution < -0.4 is 9.64 Å². The fraction of sp³-hybridized carbons (Fsp3) is 0.375. The number of pyridine rings is 1. The van der Waals surface area contributed by atoms with Crippen molar-refractivity contribution in [1.29, 1.82) is 0 Å². The Morgan fingerprint density at radius 2 is 1.94 bits per heavy atom. The SMILES string of the molecule is CCCOc1cccc([C@H]2/C(=C(/O)c3ccncc3)C(=O)C(=O)N2CCC[NH+](C)C)c1. The lowest BCUT2D eigenvalue weighted by Gasteiger charge is -2.26. The van der Waals surface area contributed by atoms with Gasteiger partial charge in [0.05, 0.1) is 38.9 Å². The van der Waals surface area contributed by atoms with Crippen molar-refractivity contribution < 1.29 is 24.3 Å². The first kappa shape index (κ1) is 22.5. The molecule has 1 aromatic heterocycles. The monoisotopic (exact) mass is 424 g/mol. The number of aromatic nitrogens is 1. The smallest absolute Gasteiger partial charge is 0.295 e. The summed E-state index contributed by atoms with van der Waals surface area (Å²) in [6.45, 7) is 3.89. The van der Waals surface area contributed by atoms with E-state index in [1.165, 1.54) is 4.90 Å². The summed E-state index contributed by atoms with van der Waals surface area (Å²) >= 11 is 0. The summed E-state index contributed by atoms with van der Waals surface area (Å²) in [4.78, 5) is 32.7. The normalized spacial score (nSPS) is 18.1. The maximum Gasteiger partial charge on any atom is 0.295 e. The third-order valence-electron chi connectivity index (χ3n) is 5.22. The average molecular weight is 425 g/mol. The van der Waals surface area contributed by atoms with E-state index in [-0.39, 0.29) is 11.3 Å². The minimum Gasteiger partial charge on any atom is -0.507 e. The minimum atomic E-state index is -0.671. The Kier molecular flexibility index (Phi) is 7.41. The van der Waals surface area contributed by atoms with Gasteiger partial charge in [0, 0.05) is 30.9 Å². The minimum absolute atomic E-state index is 0.0982. The number of rotatable bonds is 9. The van der Waals surface area contributed by atoms with Gasteiger partial charge in [0.1, 0.15) is 11.5 Å². The van der Waals surface area contributed by atoms with Gasteiger partial charge in [-0.15, -0.1) is 0 Å². The summed E-state index contributed by atoms with van der Waals surface area (Å²) in [6.07, 6.45) is 4.70. The zero-order valence-electron chi connectivity index (χ0n) is 18.3. The Hall–Kier alpha value is -3.19. The van der Waals surface area contributed by atoms with E-state index in [0.29, 0.717) is 24.5 Å². The lowest BCUT2D eigenvalue weighted by Crippen LogP contribution is -3.05. The van der Waals surface area contributed by atoms with Crippen molar-refractivity contribution >= 4 is 17.4 Å². The Morgan fingerprint density at radius 3 is 2.61 bits per heavy atom. The van der Waals surface area contributed by atoms with E-state index in [1.807, 2.05) is 45.3 Å². The van der Waals surface area contributed by atoms with E-state index >= 15 is 0 Å². The topological polar surface area (TPSA) is 84.2 Å². The number of ether oxygens (including phenoxy) is 1. The molecular weight excluding hydrogens is 394 g/mol. The van der Waals surface area contributed by atoms with E-state index in [2.05, 4.69) is 4.98 Å². The molecule has 0 bridgehead atoms. The maximum absolute atomic E-state index is 13.0. The predicted molar refractivity (Wildman–Crippen MR) is 118 cm³/mol. The molecule has 1 fully saturated rings. The van der Waals surface area contributed by atoms with E-state index in [9.17, 15) is 14.7 Å². The number of Topliss-reactive ketones (excluding diaryl/α,β-unsaturated/α-hetero) is 1. The van der Waals surface area contributed by atoms with Crippen molar-refractivity contribution in [3.05, 3.63) is 65.5 Å². The number of aliphatic hydroxyl groups is 1. The van der Waals surface area contributed by atoms with Crippen molar-refractivity contribution in [2.75, 3.05) is 33.8 Å². The molecule has 164 valence electrons. The van der Waals surface area contributed by atoms with Crippen LogP contribution in [0.2, 0.25) is 0 Å². The van der Waals surface area contributed by atoms with Gasteiger partial charge < -0.3 is 19.6 Å². The largest absolute Gasteiger partial charge is 0.507 e. The lowest BCUT2D eigenvalue weighted by molar-refractivity contribution is -0.858. The van der Waals surface area contributed by atoms with Crippen LogP contribution in [0.1, 0.15) is 36.9 Å². The number of nitrogens with one attached hydrogen (secondary N) is 1. The van der Waals surface area contributed by atoms with Crippen LogP contribution >= 0.6 is 0 Å². The molecule has 31 heavy (non-hydrogen) atoms. The van der Waals surface area contributed by atoms with E-state index < -0.39 is 17.7 Å². The van der Waals surface area contributed by atoms with Gasteiger partial charge in [0.2, 0.25) is 0 Å². The molecule has 7 nitrogen and oxygen atoms in total. The van der Waals surface area contributed by atoms with Gasteiger partial charge in [-0.1, -0.05) is 19.1 Å². The quantitative estimate of drug-likeness (QED) is 0.365. The number of nitrogens with zero attached hydrogens (tertiary/aromatic N) is 2. The van der Waals surface area contributed by atoms with Crippen LogP contribution in [0.4, 0.5) is 0 Å². The molecule has 2 aromatic rings. The molecular formula is C24H30N3O4+. The zero-order chi connectivity index (χ0) is 22.4. The van der Waals surface area contributed by atoms with Crippen LogP contribution in [0, 0.1) is 0 Å². The Bertz CT molecular complexity index is 956. The highest BCUT2D eigenvalue weighted by Crippen LogP contribution is 2.40. The van der Waals surface area contributed by atoms with Crippen molar-refractivity contribution in [3.8, 4) is 5.75 Å². The van der Waals surface area contributed by atoms with Gasteiger partial charge in [-0.25, -0.2) is 0 Å². The van der Waals surface area contributed by atoms with E-state index in [0.717, 1.165) is 24.9 Å². The molecule has 3 rings (SSSR count). The summed E-state index contributed by atoms with van der Waals surface area (Å²) in [5, 5.41) is 11.0. The third kappa shape index (κ3) is 5.11. The molecule has 7 heteroatoms. The van der Waals surface area contributed by atoms with Crippen LogP contribution in [0.25, 0.3) is 5.76 Å². The molecule has 1 amide bonds. The number of carbonyl (C=O) groups is 2. The molecule has 0 spiro atoms. The standard InChI is InChI=1S/C24H29N3O4/c1-4-15-31-19-8-5-7-18(16-19)21-20(22(28)17-9-11-25-12-10-17)23(29)24(30)27(21)14-6-13-26(2)3/h5,7-12,16,21,28H,4,6,13-15H2,1-3H3/p+1/b22-20-/t21-/m0/s1. The molecule has 1 aliphatic heterocycles. The van der Waals surface area contributed by atoms with Crippen molar-refractivity contribution in [3.63, 3.8) is 0 Å². The highest BCUT2D eigenvalue weighted by molar-refractivity contribution is 6.46. The van der Waals surface area contributed by atoms with Crippen LogP contribution in [0.3, 0.4) is 0 Å². The van der Waals surface area contributed by atoms with Gasteiger partial charge in [0.25, 0.3) is 11.7 Å². The number of carbonyl (C=O) groups excluding carboxylic acids is 2. The Morgan fingerprint density at radius 1 is 1.19 bits per heavy atom. The first-order valence-electron chi connectivity index (χ1n) is 10.6. The third-order valence-corrected chi connectivity index (χ3v) is 5.22. The molecule has 1 aromatic carbocycles. The van der Waals surface area contributed by atoms with Gasteiger partial charge >= 0.3 is 0 Å². The van der Waals surface area contributed by atoms with Crippen LogP contribution in [-0.2, 0) is 9.59 Å². The van der Waals surface area contributed by atoms with Gasteiger partial charge in [-0.05, 0) is 36.2 Å². The highest BCUT2D eigenvalue weighted by atomic mass is 16.5. The summed E-state index contributed by atoms with van der Waals surface area (Å²) in [5.74, 6) is -0.774. The zero-order valence-corrected chi connectivity index (χ0v) is 18.3. The van der Waals surface area contributed by atoms with Crippen LogP contribution in [0.15, 0.2) is 54.4 Å². The van der Waals surface area contributed by atoms with Crippen LogP contribution in [-0.4, -0.2) is 60.5 Å². The number of amides is 1. The second-order valence-corrected chi connectivity index (χ2v) is 7.96. The summed E-state index contributed by atoms with van der Waals surface area (Å²) in [5.41, 5.74) is 1.29. The van der Waals surface area contributed by atoms with E-state index in [4.69, 9.17) is 4.74 Å². The molecule has 2 heterocycles. The molecule has 0 unspecified atom stereocenters. The molecule has 0 aliphatic carbocycles. The maximum atomic E-state index is 13.0. The van der Waals surface area contributed by atoms with E-state index in [1.54, 1.807) is 29.4 Å². The summed E-state index contributed by atoms with van der Waals surface area (Å²) < 4.78 is 5.76. The highest BCUT2D eigenvalue weighted by Gasteiger charge is 2.46. The predicted octanol–water partition coefficient (Wildman–Crippen LogP) is 1.83. The van der Waals surface area contributed by atoms with Crippen molar-refractivity contribution in [2.45, 2.75) is 25.8 Å².